The summed E-state index contributed by atoms with van der Waals surface area (Å²) in [5, 5.41) is 0.123. The summed E-state index contributed by atoms with van der Waals surface area (Å²) < 4.78 is 26.3. The zero-order valence-electron chi connectivity index (χ0n) is 10.3. The van der Waals surface area contributed by atoms with Gasteiger partial charge in [-0.2, -0.15) is 0 Å². The number of hydrogen-bond acceptors (Lipinski definition) is 4. The van der Waals surface area contributed by atoms with E-state index in [1.807, 2.05) is 0 Å². The van der Waals surface area contributed by atoms with E-state index in [4.69, 9.17) is 5.73 Å². The minimum absolute atomic E-state index is 0.123. The molecule has 1 aromatic heterocycles. The molecule has 1 fully saturated rings. The van der Waals surface area contributed by atoms with E-state index in [0.717, 1.165) is 32.2 Å². The van der Waals surface area contributed by atoms with Gasteiger partial charge >= 0.3 is 0 Å². The zero-order valence-corrected chi connectivity index (χ0v) is 11.1. The van der Waals surface area contributed by atoms with Gasteiger partial charge in [0.1, 0.15) is 0 Å². The van der Waals surface area contributed by atoms with Gasteiger partial charge in [0.15, 0.2) is 5.03 Å². The van der Waals surface area contributed by atoms with Crippen LogP contribution in [-0.2, 0) is 10.0 Å². The van der Waals surface area contributed by atoms with Crippen molar-refractivity contribution in [2.75, 3.05) is 13.1 Å². The molecule has 0 amide bonds. The number of nitrogens with zero attached hydrogens (tertiary/aromatic N) is 1. The first-order valence-corrected chi connectivity index (χ1v) is 7.78. The van der Waals surface area contributed by atoms with E-state index >= 15 is 0 Å². The second kappa shape index (κ2) is 5.81. The minimum Gasteiger partial charge on any atom is -0.335 e. The molecule has 1 aromatic rings. The first-order valence-electron chi connectivity index (χ1n) is 6.30. The molecule has 0 radical (unpaired) electrons. The third kappa shape index (κ3) is 3.30. The summed E-state index contributed by atoms with van der Waals surface area (Å²) in [6, 6.07) is 0. The van der Waals surface area contributed by atoms with Gasteiger partial charge in [0.2, 0.25) is 0 Å². The van der Waals surface area contributed by atoms with Crippen molar-refractivity contribution in [2.24, 2.45) is 17.6 Å². The Morgan fingerprint density at radius 3 is 2.56 bits per heavy atom. The molecule has 102 valence electrons. The van der Waals surface area contributed by atoms with Gasteiger partial charge in [-0.1, -0.05) is 0 Å². The summed E-state index contributed by atoms with van der Waals surface area (Å²) in [5.74, 6) is 1.04. The fourth-order valence-electron chi connectivity index (χ4n) is 2.37. The van der Waals surface area contributed by atoms with Crippen LogP contribution in [0.1, 0.15) is 25.7 Å². The summed E-state index contributed by atoms with van der Waals surface area (Å²) in [6.45, 7) is 1.24. The number of aromatic amines is 1. The van der Waals surface area contributed by atoms with Crippen molar-refractivity contribution >= 4 is 10.0 Å². The van der Waals surface area contributed by atoms with E-state index in [0.29, 0.717) is 18.4 Å². The second-order valence-electron chi connectivity index (χ2n) is 4.89. The van der Waals surface area contributed by atoms with Gasteiger partial charge in [0.05, 0.1) is 12.5 Å². The molecule has 1 heterocycles. The van der Waals surface area contributed by atoms with Gasteiger partial charge in [-0.05, 0) is 44.1 Å². The lowest BCUT2D eigenvalue weighted by Gasteiger charge is -2.27. The van der Waals surface area contributed by atoms with Crippen molar-refractivity contribution in [3.8, 4) is 0 Å². The molecule has 0 unspecified atom stereocenters. The molecule has 6 nitrogen and oxygen atoms in total. The third-order valence-electron chi connectivity index (χ3n) is 3.62. The monoisotopic (exact) mass is 272 g/mol. The third-order valence-corrected chi connectivity index (χ3v) is 4.97. The predicted octanol–water partition coefficient (Wildman–Crippen LogP) is 0.453. The topological polar surface area (TPSA) is 101 Å². The summed E-state index contributed by atoms with van der Waals surface area (Å²) in [7, 11) is -3.43. The van der Waals surface area contributed by atoms with E-state index in [-0.39, 0.29) is 5.03 Å². The summed E-state index contributed by atoms with van der Waals surface area (Å²) in [5.41, 5.74) is 5.63. The molecule has 0 saturated heterocycles. The summed E-state index contributed by atoms with van der Waals surface area (Å²) in [6.07, 6.45) is 6.98. The zero-order chi connectivity index (χ0) is 13.0. The van der Waals surface area contributed by atoms with Crippen LogP contribution < -0.4 is 10.5 Å². The van der Waals surface area contributed by atoms with Gasteiger partial charge in [-0.25, -0.2) is 18.1 Å². The van der Waals surface area contributed by atoms with Crippen molar-refractivity contribution in [3.63, 3.8) is 0 Å². The Hall–Kier alpha value is -0.920. The van der Waals surface area contributed by atoms with Crippen LogP contribution in [0.15, 0.2) is 17.6 Å². The number of rotatable bonds is 5. The van der Waals surface area contributed by atoms with Gasteiger partial charge in [-0.3, -0.25) is 0 Å². The van der Waals surface area contributed by atoms with Crippen LogP contribution >= 0.6 is 0 Å². The largest absolute Gasteiger partial charge is 0.335 e. The van der Waals surface area contributed by atoms with E-state index in [1.165, 1.54) is 12.5 Å². The summed E-state index contributed by atoms with van der Waals surface area (Å²) in [4.78, 5) is 6.32. The lowest BCUT2D eigenvalue weighted by molar-refractivity contribution is 0.280. The van der Waals surface area contributed by atoms with Crippen LogP contribution in [0.3, 0.4) is 0 Å². The highest BCUT2D eigenvalue weighted by Crippen LogP contribution is 2.27. The van der Waals surface area contributed by atoms with Crippen LogP contribution in [0.5, 0.6) is 0 Å². The van der Waals surface area contributed by atoms with Crippen LogP contribution in [0.25, 0.3) is 0 Å². The summed E-state index contributed by atoms with van der Waals surface area (Å²) >= 11 is 0. The lowest BCUT2D eigenvalue weighted by atomic mass is 9.82. The standard InChI is InChI=1S/C11H20N4O2S/c12-5-9-1-3-10(4-2-9)6-15-18(16,17)11-7-13-8-14-11/h7-10,15H,1-6,12H2,(H,13,14). The SMILES string of the molecule is NCC1CCC(CNS(=O)(=O)c2cnc[nH]2)CC1. The molecule has 1 aliphatic rings. The number of H-pyrrole nitrogens is 1. The Kier molecular flexibility index (Phi) is 4.36. The molecule has 2 rings (SSSR count). The number of nitrogens with one attached hydrogen (secondary N) is 2. The molecule has 0 aliphatic heterocycles. The quantitative estimate of drug-likeness (QED) is 0.724. The van der Waals surface area contributed by atoms with Crippen molar-refractivity contribution in [1.82, 2.24) is 14.7 Å². The van der Waals surface area contributed by atoms with Gasteiger partial charge in [0, 0.05) is 6.54 Å². The molecule has 0 bridgehead atoms. The fraction of sp³-hybridized carbons (Fsp3) is 0.727. The molecular formula is C11H20N4O2S. The molecular weight excluding hydrogens is 252 g/mol. The molecule has 4 N–H and O–H groups in total. The molecule has 1 saturated carbocycles. The average Bonchev–Trinajstić information content (AvgIpc) is 2.92. The second-order valence-corrected chi connectivity index (χ2v) is 6.63. The fourth-order valence-corrected chi connectivity index (χ4v) is 3.38. The van der Waals surface area contributed by atoms with Crippen molar-refractivity contribution in [3.05, 3.63) is 12.5 Å². The Morgan fingerprint density at radius 1 is 1.33 bits per heavy atom. The maximum Gasteiger partial charge on any atom is 0.257 e. The van der Waals surface area contributed by atoms with Crippen LogP contribution in [0, 0.1) is 11.8 Å². The van der Waals surface area contributed by atoms with E-state index in [2.05, 4.69) is 14.7 Å². The Labute approximate surface area is 107 Å². The first kappa shape index (κ1) is 13.5. The van der Waals surface area contributed by atoms with Gasteiger partial charge in [0.25, 0.3) is 10.0 Å². The Bertz CT molecular complexity index is 449. The minimum atomic E-state index is -3.43. The van der Waals surface area contributed by atoms with E-state index in [1.54, 1.807) is 0 Å². The first-order chi connectivity index (χ1) is 8.62. The molecule has 7 heteroatoms. The Balaban J connectivity index is 1.82. The smallest absolute Gasteiger partial charge is 0.257 e. The number of hydrogen-bond donors (Lipinski definition) is 3. The molecule has 0 spiro atoms. The predicted molar refractivity (Wildman–Crippen MR) is 68.3 cm³/mol. The van der Waals surface area contributed by atoms with Crippen LogP contribution in [0.2, 0.25) is 0 Å². The number of aromatic nitrogens is 2. The highest BCUT2D eigenvalue weighted by Gasteiger charge is 2.22. The van der Waals surface area contributed by atoms with Crippen molar-refractivity contribution in [1.29, 1.82) is 0 Å². The Morgan fingerprint density at radius 2 is 2.00 bits per heavy atom. The van der Waals surface area contributed by atoms with Gasteiger partial charge in [-0.15, -0.1) is 0 Å². The normalized spacial score (nSPS) is 25.2. The average molecular weight is 272 g/mol. The lowest BCUT2D eigenvalue weighted by Crippen LogP contribution is -2.32. The maximum atomic E-state index is 11.9. The molecule has 0 atom stereocenters. The van der Waals surface area contributed by atoms with E-state index < -0.39 is 10.0 Å². The van der Waals surface area contributed by atoms with Crippen LogP contribution in [0.4, 0.5) is 0 Å². The van der Waals surface area contributed by atoms with Gasteiger partial charge < -0.3 is 10.7 Å². The number of nitrogens with two attached hydrogens (primary N) is 1. The van der Waals surface area contributed by atoms with Crippen molar-refractivity contribution in [2.45, 2.75) is 30.7 Å². The molecule has 1 aliphatic carbocycles. The number of imidazole rings is 1. The van der Waals surface area contributed by atoms with Crippen molar-refractivity contribution < 1.29 is 8.42 Å². The highest BCUT2D eigenvalue weighted by atomic mass is 32.2. The maximum absolute atomic E-state index is 11.9. The molecule has 0 aromatic carbocycles. The number of sulfonamides is 1. The highest BCUT2D eigenvalue weighted by molar-refractivity contribution is 7.89. The van der Waals surface area contributed by atoms with E-state index in [9.17, 15) is 8.42 Å². The van der Waals surface area contributed by atoms with Crippen LogP contribution in [-0.4, -0.2) is 31.5 Å². The molecule has 18 heavy (non-hydrogen) atoms.